The minimum absolute atomic E-state index is 0.0184. The monoisotopic (exact) mass is 360 g/mol. The maximum Gasteiger partial charge on any atom is 0.303 e. The molecule has 0 aliphatic carbocycles. The molecule has 0 bridgehead atoms. The largest absolute Gasteiger partial charge is 0.481 e. The molecule has 2 amide bonds. The average molecular weight is 361 g/mol. The van der Waals surface area contributed by atoms with Crippen LogP contribution in [-0.4, -0.2) is 47.9 Å². The Labute approximate surface area is 130 Å². The number of carbonyl (C=O) groups excluding carboxylic acids is 2. The Bertz CT molecular complexity index is 528. The molecule has 0 saturated carbocycles. The van der Waals surface area contributed by atoms with Crippen LogP contribution in [0.4, 0.5) is 0 Å². The summed E-state index contributed by atoms with van der Waals surface area (Å²) in [4.78, 5) is 35.3. The number of nitrogens with zero attached hydrogens (tertiary/aromatic N) is 1. The van der Waals surface area contributed by atoms with Crippen LogP contribution in [-0.2, 0) is 9.59 Å². The van der Waals surface area contributed by atoms with Crippen LogP contribution < -0.4 is 5.32 Å². The fraction of sp³-hybridized carbons (Fsp3) is 0.462. The Hall–Kier alpha value is -1.83. The summed E-state index contributed by atoms with van der Waals surface area (Å²) >= 11 is 3.10. The van der Waals surface area contributed by atoms with Crippen LogP contribution in [0.3, 0.4) is 0 Å². The molecular formula is C13H17BrN2O5. The Kier molecular flexibility index (Phi) is 6.41. The SMILES string of the molecule is CC(CNC(=O)CN(C)C(=O)c1ccc(Br)o1)CC(=O)O. The van der Waals surface area contributed by atoms with Gasteiger partial charge in [-0.2, -0.15) is 0 Å². The van der Waals surface area contributed by atoms with Gasteiger partial charge in [-0.05, 0) is 34.0 Å². The predicted octanol–water partition coefficient (Wildman–Crippen LogP) is 1.34. The van der Waals surface area contributed by atoms with Crippen LogP contribution in [0.1, 0.15) is 23.9 Å². The van der Waals surface area contributed by atoms with Gasteiger partial charge < -0.3 is 19.7 Å². The van der Waals surface area contributed by atoms with Gasteiger partial charge in [0.05, 0.1) is 6.54 Å². The number of hydrogen-bond acceptors (Lipinski definition) is 4. The van der Waals surface area contributed by atoms with E-state index in [1.165, 1.54) is 18.0 Å². The summed E-state index contributed by atoms with van der Waals surface area (Å²) in [6.45, 7) is 1.85. The Morgan fingerprint density at radius 3 is 2.62 bits per heavy atom. The van der Waals surface area contributed by atoms with Crippen molar-refractivity contribution in [2.75, 3.05) is 20.1 Å². The van der Waals surface area contributed by atoms with Crippen molar-refractivity contribution in [3.63, 3.8) is 0 Å². The Morgan fingerprint density at radius 1 is 1.43 bits per heavy atom. The first kappa shape index (κ1) is 17.2. The van der Waals surface area contributed by atoms with E-state index >= 15 is 0 Å². The molecule has 0 aromatic carbocycles. The third-order valence-corrected chi connectivity index (χ3v) is 3.11. The maximum absolute atomic E-state index is 11.9. The van der Waals surface area contributed by atoms with Gasteiger partial charge in [-0.3, -0.25) is 14.4 Å². The molecule has 0 saturated heterocycles. The number of amides is 2. The summed E-state index contributed by atoms with van der Waals surface area (Å²) < 4.78 is 5.55. The molecule has 8 heteroatoms. The van der Waals surface area contributed by atoms with Gasteiger partial charge in [-0.25, -0.2) is 0 Å². The molecule has 1 rings (SSSR count). The number of likely N-dealkylation sites (N-methyl/N-ethyl adjacent to an activating group) is 1. The zero-order valence-electron chi connectivity index (χ0n) is 11.8. The van der Waals surface area contributed by atoms with Crippen molar-refractivity contribution in [3.05, 3.63) is 22.6 Å². The van der Waals surface area contributed by atoms with Gasteiger partial charge in [0.2, 0.25) is 5.91 Å². The van der Waals surface area contributed by atoms with Crippen molar-refractivity contribution in [3.8, 4) is 0 Å². The summed E-state index contributed by atoms with van der Waals surface area (Å²) in [7, 11) is 1.49. The smallest absolute Gasteiger partial charge is 0.303 e. The van der Waals surface area contributed by atoms with Crippen LogP contribution in [0.15, 0.2) is 21.2 Å². The first-order chi connectivity index (χ1) is 9.79. The fourth-order valence-corrected chi connectivity index (χ4v) is 1.93. The van der Waals surface area contributed by atoms with Crippen LogP contribution in [0.5, 0.6) is 0 Å². The first-order valence-corrected chi connectivity index (χ1v) is 7.08. The summed E-state index contributed by atoms with van der Waals surface area (Å²) in [6.07, 6.45) is -0.0184. The highest BCUT2D eigenvalue weighted by Crippen LogP contribution is 2.15. The molecule has 0 spiro atoms. The molecule has 21 heavy (non-hydrogen) atoms. The van der Waals surface area contributed by atoms with Gasteiger partial charge in [0.1, 0.15) is 0 Å². The highest BCUT2D eigenvalue weighted by molar-refractivity contribution is 9.10. The van der Waals surface area contributed by atoms with Gasteiger partial charge in [0, 0.05) is 20.0 Å². The quantitative estimate of drug-likeness (QED) is 0.764. The molecule has 2 N–H and O–H groups in total. The lowest BCUT2D eigenvalue weighted by Crippen LogP contribution is -2.39. The van der Waals surface area contributed by atoms with E-state index in [0.717, 1.165) is 0 Å². The topological polar surface area (TPSA) is 99.9 Å². The van der Waals surface area contributed by atoms with Crippen molar-refractivity contribution in [2.24, 2.45) is 5.92 Å². The van der Waals surface area contributed by atoms with Crippen molar-refractivity contribution < 1.29 is 23.9 Å². The lowest BCUT2D eigenvalue weighted by Gasteiger charge is -2.16. The molecule has 0 fully saturated rings. The zero-order valence-corrected chi connectivity index (χ0v) is 13.3. The zero-order chi connectivity index (χ0) is 16.0. The molecule has 1 heterocycles. The molecule has 0 radical (unpaired) electrons. The Morgan fingerprint density at radius 2 is 2.10 bits per heavy atom. The van der Waals surface area contributed by atoms with Gasteiger partial charge in [0.25, 0.3) is 5.91 Å². The average Bonchev–Trinajstić information content (AvgIpc) is 2.81. The number of carbonyl (C=O) groups is 3. The molecule has 0 aliphatic heterocycles. The van der Waals surface area contributed by atoms with Gasteiger partial charge in [0.15, 0.2) is 10.4 Å². The first-order valence-electron chi connectivity index (χ1n) is 6.29. The number of carboxylic acid groups (broad SMARTS) is 1. The van der Waals surface area contributed by atoms with E-state index in [9.17, 15) is 14.4 Å². The highest BCUT2D eigenvalue weighted by atomic mass is 79.9. The lowest BCUT2D eigenvalue weighted by molar-refractivity contribution is -0.138. The Balaban J connectivity index is 2.40. The highest BCUT2D eigenvalue weighted by Gasteiger charge is 2.18. The summed E-state index contributed by atoms with van der Waals surface area (Å²) in [5.74, 6) is -1.71. The van der Waals surface area contributed by atoms with Crippen LogP contribution in [0, 0.1) is 5.92 Å². The summed E-state index contributed by atoms with van der Waals surface area (Å²) in [5, 5.41) is 11.2. The number of hydrogen-bond donors (Lipinski definition) is 2. The van der Waals surface area contributed by atoms with E-state index in [4.69, 9.17) is 9.52 Å². The number of nitrogens with one attached hydrogen (secondary N) is 1. The molecule has 1 aromatic heterocycles. The van der Waals surface area contributed by atoms with E-state index in [1.807, 2.05) is 0 Å². The molecule has 1 aromatic rings. The minimum Gasteiger partial charge on any atom is -0.481 e. The number of carboxylic acids is 1. The van der Waals surface area contributed by atoms with E-state index in [0.29, 0.717) is 4.67 Å². The van der Waals surface area contributed by atoms with E-state index in [1.54, 1.807) is 13.0 Å². The van der Waals surface area contributed by atoms with Crippen LogP contribution >= 0.6 is 15.9 Å². The number of rotatable bonds is 7. The fourth-order valence-electron chi connectivity index (χ4n) is 1.62. The van der Waals surface area contributed by atoms with E-state index in [2.05, 4.69) is 21.2 Å². The lowest BCUT2D eigenvalue weighted by atomic mass is 10.1. The number of aliphatic carboxylic acids is 1. The van der Waals surface area contributed by atoms with Crippen LogP contribution in [0.25, 0.3) is 0 Å². The minimum atomic E-state index is -0.910. The van der Waals surface area contributed by atoms with Gasteiger partial charge >= 0.3 is 5.97 Å². The molecule has 7 nitrogen and oxygen atoms in total. The second-order valence-corrected chi connectivity index (χ2v) is 5.55. The van der Waals surface area contributed by atoms with Crippen molar-refractivity contribution in [1.29, 1.82) is 0 Å². The summed E-state index contributed by atoms with van der Waals surface area (Å²) in [6, 6.07) is 3.10. The standard InChI is InChI=1S/C13H17BrN2O5/c1-8(5-12(18)19)6-15-11(17)7-16(2)13(20)9-3-4-10(14)21-9/h3-4,8H,5-7H2,1-2H3,(H,15,17)(H,18,19). The molecule has 1 unspecified atom stereocenters. The van der Waals surface area contributed by atoms with E-state index < -0.39 is 11.9 Å². The molecule has 1 atom stereocenters. The second kappa shape index (κ2) is 7.82. The number of furan rings is 1. The molecular weight excluding hydrogens is 344 g/mol. The predicted molar refractivity (Wildman–Crippen MR) is 77.8 cm³/mol. The van der Waals surface area contributed by atoms with Crippen molar-refractivity contribution >= 4 is 33.7 Å². The van der Waals surface area contributed by atoms with Gasteiger partial charge in [-0.1, -0.05) is 6.92 Å². The molecule has 116 valence electrons. The van der Waals surface area contributed by atoms with E-state index in [-0.39, 0.29) is 37.1 Å². The normalized spacial score (nSPS) is 11.8. The summed E-state index contributed by atoms with van der Waals surface area (Å²) in [5.41, 5.74) is 0. The van der Waals surface area contributed by atoms with Crippen molar-refractivity contribution in [2.45, 2.75) is 13.3 Å². The van der Waals surface area contributed by atoms with Crippen molar-refractivity contribution in [1.82, 2.24) is 10.2 Å². The maximum atomic E-state index is 11.9. The third-order valence-electron chi connectivity index (χ3n) is 2.68. The second-order valence-electron chi connectivity index (χ2n) is 4.77. The van der Waals surface area contributed by atoms with Crippen LogP contribution in [0.2, 0.25) is 0 Å². The molecule has 0 aliphatic rings. The van der Waals surface area contributed by atoms with Gasteiger partial charge in [-0.15, -0.1) is 0 Å². The number of halogens is 1. The third kappa shape index (κ3) is 5.99.